The molecule has 1 aromatic heterocycles. The zero-order chi connectivity index (χ0) is 13.4. The van der Waals surface area contributed by atoms with E-state index in [9.17, 15) is 0 Å². The number of rotatable bonds is 8. The van der Waals surface area contributed by atoms with Crippen LogP contribution in [0.2, 0.25) is 0 Å². The van der Waals surface area contributed by atoms with Crippen LogP contribution in [0.4, 0.5) is 5.82 Å². The predicted molar refractivity (Wildman–Crippen MR) is 76.8 cm³/mol. The Morgan fingerprint density at radius 2 is 2.06 bits per heavy atom. The molecule has 0 amide bonds. The maximum atomic E-state index is 4.65. The predicted octanol–water partition coefficient (Wildman–Crippen LogP) is 2.60. The van der Waals surface area contributed by atoms with Crippen LogP contribution in [0.25, 0.3) is 0 Å². The van der Waals surface area contributed by atoms with Crippen LogP contribution in [-0.4, -0.2) is 29.6 Å². The van der Waals surface area contributed by atoms with Gasteiger partial charge >= 0.3 is 0 Å². The van der Waals surface area contributed by atoms with Crippen molar-refractivity contribution in [3.63, 3.8) is 0 Å². The van der Waals surface area contributed by atoms with Gasteiger partial charge in [0.15, 0.2) is 0 Å². The number of hydrogen-bond donors (Lipinski definition) is 1. The summed E-state index contributed by atoms with van der Waals surface area (Å²) < 4.78 is 0. The van der Waals surface area contributed by atoms with Crippen LogP contribution in [0.3, 0.4) is 0 Å². The van der Waals surface area contributed by atoms with E-state index in [0.717, 1.165) is 31.0 Å². The van der Waals surface area contributed by atoms with Crippen LogP contribution in [0.15, 0.2) is 12.4 Å². The molecule has 1 aromatic rings. The van der Waals surface area contributed by atoms with Crippen molar-refractivity contribution in [3.8, 4) is 0 Å². The molecular weight excluding hydrogens is 224 g/mol. The standard InChI is InChI=1S/C14H26N4/c1-5-7-12(3)18(4)14-11-16-10-13(17-14)9-15-8-6-2/h10-12,15H,5-9H2,1-4H3. The second kappa shape index (κ2) is 8.03. The fourth-order valence-electron chi connectivity index (χ4n) is 1.88. The molecular formula is C14H26N4. The summed E-state index contributed by atoms with van der Waals surface area (Å²) in [4.78, 5) is 11.1. The summed E-state index contributed by atoms with van der Waals surface area (Å²) in [7, 11) is 2.09. The van der Waals surface area contributed by atoms with Gasteiger partial charge in [0.25, 0.3) is 0 Å². The average molecular weight is 250 g/mol. The molecule has 0 aliphatic heterocycles. The molecule has 4 nitrogen and oxygen atoms in total. The van der Waals surface area contributed by atoms with E-state index in [0.29, 0.717) is 6.04 Å². The Bertz CT molecular complexity index is 340. The van der Waals surface area contributed by atoms with E-state index >= 15 is 0 Å². The zero-order valence-corrected chi connectivity index (χ0v) is 12.1. The Balaban J connectivity index is 2.62. The van der Waals surface area contributed by atoms with Crippen LogP contribution in [0.1, 0.15) is 45.7 Å². The van der Waals surface area contributed by atoms with E-state index in [1.54, 1.807) is 0 Å². The molecule has 0 bridgehead atoms. The molecule has 0 saturated heterocycles. The lowest BCUT2D eigenvalue weighted by Crippen LogP contribution is -2.30. The van der Waals surface area contributed by atoms with E-state index in [1.165, 1.54) is 12.8 Å². The van der Waals surface area contributed by atoms with Crippen molar-refractivity contribution >= 4 is 5.82 Å². The minimum Gasteiger partial charge on any atom is -0.356 e. The number of anilines is 1. The third kappa shape index (κ3) is 4.61. The number of aromatic nitrogens is 2. The molecule has 0 fully saturated rings. The largest absolute Gasteiger partial charge is 0.356 e. The first-order chi connectivity index (χ1) is 8.69. The monoisotopic (exact) mass is 250 g/mol. The Hall–Kier alpha value is -1.16. The number of hydrogen-bond acceptors (Lipinski definition) is 4. The molecule has 1 unspecified atom stereocenters. The van der Waals surface area contributed by atoms with E-state index in [4.69, 9.17) is 0 Å². The van der Waals surface area contributed by atoms with Crippen molar-refractivity contribution in [2.45, 2.75) is 52.6 Å². The molecule has 1 N–H and O–H groups in total. The van der Waals surface area contributed by atoms with Gasteiger partial charge in [-0.2, -0.15) is 0 Å². The highest BCUT2D eigenvalue weighted by Crippen LogP contribution is 2.14. The van der Waals surface area contributed by atoms with E-state index < -0.39 is 0 Å². The molecule has 4 heteroatoms. The molecule has 1 heterocycles. The van der Waals surface area contributed by atoms with E-state index in [1.807, 2.05) is 12.4 Å². The smallest absolute Gasteiger partial charge is 0.147 e. The van der Waals surface area contributed by atoms with Crippen molar-refractivity contribution in [3.05, 3.63) is 18.1 Å². The first kappa shape index (κ1) is 14.9. The van der Waals surface area contributed by atoms with Crippen LogP contribution in [0, 0.1) is 0 Å². The van der Waals surface area contributed by atoms with Crippen LogP contribution < -0.4 is 10.2 Å². The van der Waals surface area contributed by atoms with Gasteiger partial charge in [0.05, 0.1) is 11.9 Å². The normalized spacial score (nSPS) is 12.4. The zero-order valence-electron chi connectivity index (χ0n) is 12.1. The third-order valence-corrected chi connectivity index (χ3v) is 3.13. The molecule has 0 radical (unpaired) electrons. The summed E-state index contributed by atoms with van der Waals surface area (Å²) >= 11 is 0. The van der Waals surface area contributed by atoms with Gasteiger partial charge in [-0.05, 0) is 26.3 Å². The van der Waals surface area contributed by atoms with Crippen molar-refractivity contribution in [1.29, 1.82) is 0 Å². The lowest BCUT2D eigenvalue weighted by Gasteiger charge is -2.25. The number of nitrogens with zero attached hydrogens (tertiary/aromatic N) is 3. The third-order valence-electron chi connectivity index (χ3n) is 3.13. The van der Waals surface area contributed by atoms with Crippen molar-refractivity contribution in [2.75, 3.05) is 18.5 Å². The minimum absolute atomic E-state index is 0.503. The average Bonchev–Trinajstić information content (AvgIpc) is 2.39. The van der Waals surface area contributed by atoms with Gasteiger partial charge in [0.1, 0.15) is 5.82 Å². The second-order valence-corrected chi connectivity index (χ2v) is 4.79. The molecule has 0 saturated carbocycles. The summed E-state index contributed by atoms with van der Waals surface area (Å²) in [6.07, 6.45) is 7.19. The highest BCUT2D eigenvalue weighted by atomic mass is 15.2. The van der Waals surface area contributed by atoms with Gasteiger partial charge in [-0.15, -0.1) is 0 Å². The Morgan fingerprint density at radius 3 is 2.72 bits per heavy atom. The highest BCUT2D eigenvalue weighted by Gasteiger charge is 2.10. The first-order valence-corrected chi connectivity index (χ1v) is 6.93. The molecule has 0 aromatic carbocycles. The van der Waals surface area contributed by atoms with Gasteiger partial charge in [-0.3, -0.25) is 4.98 Å². The SMILES string of the molecule is CCCNCc1cncc(N(C)C(C)CCC)n1. The van der Waals surface area contributed by atoms with E-state index in [-0.39, 0.29) is 0 Å². The topological polar surface area (TPSA) is 41.1 Å². The molecule has 0 aliphatic carbocycles. The maximum Gasteiger partial charge on any atom is 0.147 e. The highest BCUT2D eigenvalue weighted by molar-refractivity contribution is 5.36. The van der Waals surface area contributed by atoms with Gasteiger partial charge in [0.2, 0.25) is 0 Å². The lowest BCUT2D eigenvalue weighted by atomic mass is 10.2. The van der Waals surface area contributed by atoms with Gasteiger partial charge in [0, 0.05) is 25.8 Å². The number of nitrogens with one attached hydrogen (secondary N) is 1. The second-order valence-electron chi connectivity index (χ2n) is 4.79. The molecule has 102 valence electrons. The van der Waals surface area contributed by atoms with Crippen LogP contribution >= 0.6 is 0 Å². The minimum atomic E-state index is 0.503. The molecule has 0 aliphatic rings. The summed E-state index contributed by atoms with van der Waals surface area (Å²) in [5.74, 6) is 0.965. The quantitative estimate of drug-likeness (QED) is 0.720. The fourth-order valence-corrected chi connectivity index (χ4v) is 1.88. The van der Waals surface area contributed by atoms with Gasteiger partial charge in [-0.25, -0.2) is 4.98 Å². The summed E-state index contributed by atoms with van der Waals surface area (Å²) in [5.41, 5.74) is 1.01. The van der Waals surface area contributed by atoms with Gasteiger partial charge in [-0.1, -0.05) is 20.3 Å². The van der Waals surface area contributed by atoms with Gasteiger partial charge < -0.3 is 10.2 Å². The lowest BCUT2D eigenvalue weighted by molar-refractivity contribution is 0.606. The van der Waals surface area contributed by atoms with Crippen molar-refractivity contribution in [1.82, 2.24) is 15.3 Å². The Morgan fingerprint density at radius 1 is 1.28 bits per heavy atom. The molecule has 1 atom stereocenters. The summed E-state index contributed by atoms with van der Waals surface area (Å²) in [5, 5.41) is 3.35. The molecule has 18 heavy (non-hydrogen) atoms. The Labute approximate surface area is 111 Å². The maximum absolute atomic E-state index is 4.65. The summed E-state index contributed by atoms with van der Waals surface area (Å²) in [6.45, 7) is 8.42. The molecule has 0 spiro atoms. The van der Waals surface area contributed by atoms with Crippen LogP contribution in [0.5, 0.6) is 0 Å². The Kier molecular flexibility index (Phi) is 6.65. The fraction of sp³-hybridized carbons (Fsp3) is 0.714. The van der Waals surface area contributed by atoms with Crippen molar-refractivity contribution < 1.29 is 0 Å². The first-order valence-electron chi connectivity index (χ1n) is 6.93. The van der Waals surface area contributed by atoms with Crippen molar-refractivity contribution in [2.24, 2.45) is 0 Å². The summed E-state index contributed by atoms with van der Waals surface area (Å²) in [6, 6.07) is 0.503. The van der Waals surface area contributed by atoms with Crippen LogP contribution in [-0.2, 0) is 6.54 Å². The van der Waals surface area contributed by atoms with E-state index in [2.05, 4.69) is 48.0 Å². The molecule has 1 rings (SSSR count).